The second kappa shape index (κ2) is 10.4. The maximum atomic E-state index is 14.8. The van der Waals surface area contributed by atoms with Crippen molar-refractivity contribution in [2.24, 2.45) is 11.7 Å². The maximum absolute atomic E-state index is 14.8. The molecular weight excluding hydrogens is 455 g/mol. The van der Waals surface area contributed by atoms with Crippen molar-refractivity contribution in [2.45, 2.75) is 32.4 Å². The van der Waals surface area contributed by atoms with Gasteiger partial charge >= 0.3 is 0 Å². The third kappa shape index (κ3) is 5.53. The van der Waals surface area contributed by atoms with Crippen LogP contribution in [0.2, 0.25) is 0 Å². The van der Waals surface area contributed by atoms with E-state index < -0.39 is 11.9 Å². The summed E-state index contributed by atoms with van der Waals surface area (Å²) in [7, 11) is 0. The number of halogens is 1. The molecule has 3 N–H and O–H groups in total. The number of ether oxygens (including phenoxy) is 1. The number of carbonyl (C=O) groups excluding carboxylic acids is 1. The number of aromatic nitrogens is 2. The molecule has 184 valence electrons. The van der Waals surface area contributed by atoms with Gasteiger partial charge < -0.3 is 15.8 Å². The number of hydrogen-bond donors (Lipinski definition) is 2. The van der Waals surface area contributed by atoms with Gasteiger partial charge in [-0.3, -0.25) is 4.79 Å². The Labute approximate surface area is 209 Å². The van der Waals surface area contributed by atoms with Gasteiger partial charge in [0.2, 0.25) is 0 Å². The van der Waals surface area contributed by atoms with Crippen molar-refractivity contribution in [3.63, 3.8) is 0 Å². The Balaban J connectivity index is 1.43. The topological polar surface area (TPSA) is 82.2 Å². The van der Waals surface area contributed by atoms with Gasteiger partial charge in [-0.05, 0) is 78.8 Å². The Morgan fingerprint density at radius 1 is 1.08 bits per heavy atom. The zero-order chi connectivity index (χ0) is 25.1. The zero-order valence-corrected chi connectivity index (χ0v) is 20.2. The van der Waals surface area contributed by atoms with Crippen molar-refractivity contribution in [2.75, 3.05) is 11.9 Å². The smallest absolute Gasteiger partial charge is 0.274 e. The first-order valence-corrected chi connectivity index (χ1v) is 12.1. The van der Waals surface area contributed by atoms with Gasteiger partial charge in [-0.2, -0.15) is 5.10 Å². The number of nitrogens with two attached hydrogens (primary N) is 1. The number of carbonyl (C=O) groups is 1. The highest BCUT2D eigenvalue weighted by molar-refractivity contribution is 6.03. The van der Waals surface area contributed by atoms with Gasteiger partial charge in [-0.25, -0.2) is 9.07 Å². The Kier molecular flexibility index (Phi) is 6.93. The van der Waals surface area contributed by atoms with Crippen LogP contribution >= 0.6 is 0 Å². The molecule has 1 fully saturated rings. The van der Waals surface area contributed by atoms with Gasteiger partial charge in [-0.1, -0.05) is 42.5 Å². The molecular formula is C29H29FN4O2. The van der Waals surface area contributed by atoms with E-state index in [2.05, 4.69) is 10.4 Å². The molecule has 0 bridgehead atoms. The first-order chi connectivity index (χ1) is 17.5. The highest BCUT2D eigenvalue weighted by atomic mass is 19.1. The molecule has 36 heavy (non-hydrogen) atoms. The first kappa shape index (κ1) is 23.9. The fourth-order valence-electron chi connectivity index (χ4n) is 4.23. The molecule has 1 unspecified atom stereocenters. The molecule has 4 aromatic rings. The minimum absolute atomic E-state index is 0.345. The lowest BCUT2D eigenvalue weighted by Gasteiger charge is -2.20. The van der Waals surface area contributed by atoms with Crippen molar-refractivity contribution in [3.8, 4) is 5.69 Å². The van der Waals surface area contributed by atoms with Gasteiger partial charge in [0.1, 0.15) is 17.6 Å². The predicted octanol–water partition coefficient (Wildman–Crippen LogP) is 5.55. The first-order valence-electron chi connectivity index (χ1n) is 12.1. The highest BCUT2D eigenvalue weighted by Gasteiger charge is 2.25. The maximum Gasteiger partial charge on any atom is 0.274 e. The molecule has 3 aromatic carbocycles. The zero-order valence-electron chi connectivity index (χ0n) is 20.2. The molecule has 1 aliphatic carbocycles. The fraction of sp³-hybridized carbons (Fsp3) is 0.241. The van der Waals surface area contributed by atoms with Crippen molar-refractivity contribution >= 4 is 11.6 Å². The van der Waals surface area contributed by atoms with Gasteiger partial charge in [0.15, 0.2) is 0 Å². The van der Waals surface area contributed by atoms with Crippen molar-refractivity contribution in [3.05, 3.63) is 113 Å². The molecule has 1 saturated carbocycles. The summed E-state index contributed by atoms with van der Waals surface area (Å²) in [6.07, 6.45) is 1.89. The summed E-state index contributed by atoms with van der Waals surface area (Å²) in [4.78, 5) is 13.3. The van der Waals surface area contributed by atoms with Gasteiger partial charge in [0.05, 0.1) is 18.0 Å². The summed E-state index contributed by atoms with van der Waals surface area (Å²) in [5, 5.41) is 7.34. The number of aryl methyl sites for hydroxylation is 1. The molecule has 0 radical (unpaired) electrons. The van der Waals surface area contributed by atoms with Gasteiger partial charge in [-0.15, -0.1) is 0 Å². The third-order valence-electron chi connectivity index (χ3n) is 6.23. The normalized spacial score (nSPS) is 14.0. The molecule has 1 atom stereocenters. The number of nitrogens with one attached hydrogen (secondary N) is 1. The van der Waals surface area contributed by atoms with E-state index in [0.29, 0.717) is 41.7 Å². The quantitative estimate of drug-likeness (QED) is 0.327. The van der Waals surface area contributed by atoms with Gasteiger partial charge in [0.25, 0.3) is 5.91 Å². The molecule has 0 spiro atoms. The van der Waals surface area contributed by atoms with E-state index in [-0.39, 0.29) is 5.91 Å². The van der Waals surface area contributed by atoms with Crippen LogP contribution in [0.5, 0.6) is 0 Å². The van der Waals surface area contributed by atoms with Gasteiger partial charge in [0, 0.05) is 12.2 Å². The standard InChI is InChI=1S/C29H29FN4O2/c1-19-12-27(34(33-19)26-9-5-6-21(13-26)17-31)29(35)32-25-15-23(14-24(30)16-25)28(36-18-20-10-11-20)22-7-3-2-4-8-22/h2-9,12-16,20,28H,10-11,17-18,31H2,1H3,(H,32,35). The SMILES string of the molecule is Cc1cc(C(=O)Nc2cc(F)cc(C(OCC3CC3)c3ccccc3)c2)n(-c2cccc(CN)c2)n1. The van der Waals surface area contributed by atoms with E-state index in [4.69, 9.17) is 10.5 Å². The predicted molar refractivity (Wildman–Crippen MR) is 138 cm³/mol. The van der Waals surface area contributed by atoms with Crippen LogP contribution in [0.3, 0.4) is 0 Å². The second-order valence-corrected chi connectivity index (χ2v) is 9.25. The Bertz CT molecular complexity index is 1360. The number of anilines is 1. The molecule has 5 rings (SSSR count). The van der Waals surface area contributed by atoms with E-state index in [0.717, 1.165) is 29.7 Å². The monoisotopic (exact) mass is 484 g/mol. The van der Waals surface area contributed by atoms with E-state index in [1.165, 1.54) is 12.1 Å². The number of amides is 1. The minimum atomic E-state index is -0.445. The summed E-state index contributed by atoms with van der Waals surface area (Å²) in [6.45, 7) is 2.83. The minimum Gasteiger partial charge on any atom is -0.368 e. The number of nitrogens with zero attached hydrogens (tertiary/aromatic N) is 2. The van der Waals surface area contributed by atoms with E-state index >= 15 is 0 Å². The number of hydrogen-bond acceptors (Lipinski definition) is 4. The third-order valence-corrected chi connectivity index (χ3v) is 6.23. The number of benzene rings is 3. The summed E-state index contributed by atoms with van der Waals surface area (Å²) in [5.74, 6) is -0.273. The summed E-state index contributed by atoms with van der Waals surface area (Å²) >= 11 is 0. The van der Waals surface area contributed by atoms with Crippen LogP contribution in [0.15, 0.2) is 78.9 Å². The van der Waals surface area contributed by atoms with Crippen LogP contribution in [0, 0.1) is 18.7 Å². The second-order valence-electron chi connectivity index (χ2n) is 9.25. The molecule has 1 aromatic heterocycles. The summed E-state index contributed by atoms with van der Waals surface area (Å²) in [6, 6.07) is 23.6. The van der Waals surface area contributed by atoms with Crippen molar-refractivity contribution in [1.82, 2.24) is 9.78 Å². The Morgan fingerprint density at radius 2 is 1.89 bits per heavy atom. The molecule has 7 heteroatoms. The van der Waals surface area contributed by atoms with E-state index in [1.54, 1.807) is 16.8 Å². The van der Waals surface area contributed by atoms with E-state index in [1.807, 2.05) is 61.5 Å². The highest BCUT2D eigenvalue weighted by Crippen LogP contribution is 2.34. The average molecular weight is 485 g/mol. The molecule has 1 aliphatic rings. The lowest BCUT2D eigenvalue weighted by molar-refractivity contribution is 0.0716. The Morgan fingerprint density at radius 3 is 2.64 bits per heavy atom. The van der Waals surface area contributed by atoms with E-state index in [9.17, 15) is 9.18 Å². The van der Waals surface area contributed by atoms with Crippen LogP contribution < -0.4 is 11.1 Å². The lowest BCUT2D eigenvalue weighted by atomic mass is 10.0. The van der Waals surface area contributed by atoms with Crippen LogP contribution in [0.4, 0.5) is 10.1 Å². The fourth-order valence-corrected chi connectivity index (χ4v) is 4.23. The lowest BCUT2D eigenvalue weighted by Crippen LogP contribution is -2.18. The summed E-state index contributed by atoms with van der Waals surface area (Å²) in [5.41, 5.74) is 10.4. The van der Waals surface area contributed by atoms with Crippen LogP contribution in [-0.4, -0.2) is 22.3 Å². The van der Waals surface area contributed by atoms with Crippen molar-refractivity contribution < 1.29 is 13.9 Å². The van der Waals surface area contributed by atoms with Crippen LogP contribution in [-0.2, 0) is 11.3 Å². The number of rotatable bonds is 9. The van der Waals surface area contributed by atoms with Crippen LogP contribution in [0.1, 0.15) is 51.8 Å². The Hall–Kier alpha value is -3.81. The molecule has 0 saturated heterocycles. The molecule has 1 amide bonds. The molecule has 0 aliphatic heterocycles. The van der Waals surface area contributed by atoms with Crippen LogP contribution in [0.25, 0.3) is 5.69 Å². The van der Waals surface area contributed by atoms with Crippen molar-refractivity contribution in [1.29, 1.82) is 0 Å². The largest absolute Gasteiger partial charge is 0.368 e. The average Bonchev–Trinajstić information content (AvgIpc) is 3.63. The molecule has 6 nitrogen and oxygen atoms in total. The molecule has 1 heterocycles. The summed E-state index contributed by atoms with van der Waals surface area (Å²) < 4.78 is 22.6.